The van der Waals surface area contributed by atoms with Gasteiger partial charge in [-0.3, -0.25) is 4.98 Å². The smallest absolute Gasteiger partial charge is 0.0727 e. The SMILES string of the molecule is Cc1cc(NC(CCO)C(C)C)c2cc(N)ccc2n1. The molecule has 0 spiro atoms. The van der Waals surface area contributed by atoms with Crippen LogP contribution in [0.4, 0.5) is 11.4 Å². The number of nitrogens with two attached hydrogens (primary N) is 1. The van der Waals surface area contributed by atoms with Crippen molar-refractivity contribution in [2.45, 2.75) is 33.2 Å². The summed E-state index contributed by atoms with van der Waals surface area (Å²) in [6, 6.07) is 8.02. The van der Waals surface area contributed by atoms with Crippen LogP contribution in [-0.2, 0) is 0 Å². The van der Waals surface area contributed by atoms with Gasteiger partial charge in [-0.05, 0) is 43.5 Å². The van der Waals surface area contributed by atoms with Crippen LogP contribution in [0.1, 0.15) is 26.0 Å². The average Bonchev–Trinajstić information content (AvgIpc) is 2.38. The Hall–Kier alpha value is -1.81. The van der Waals surface area contributed by atoms with Gasteiger partial charge in [0, 0.05) is 35.1 Å². The van der Waals surface area contributed by atoms with Crippen molar-refractivity contribution in [1.29, 1.82) is 0 Å². The van der Waals surface area contributed by atoms with Crippen LogP contribution in [0.15, 0.2) is 24.3 Å². The zero-order valence-corrected chi connectivity index (χ0v) is 12.4. The first-order valence-corrected chi connectivity index (χ1v) is 7.05. The number of anilines is 2. The lowest BCUT2D eigenvalue weighted by molar-refractivity contribution is 0.267. The standard InChI is InChI=1S/C16H23N3O/c1-10(2)14(6-7-20)19-16-8-11(3)18-15-5-4-12(17)9-13(15)16/h4-5,8-10,14,20H,6-7,17H2,1-3H3,(H,18,19). The average molecular weight is 273 g/mol. The lowest BCUT2D eigenvalue weighted by atomic mass is 10.0. The molecule has 0 amide bonds. The van der Waals surface area contributed by atoms with Crippen molar-refractivity contribution >= 4 is 22.3 Å². The van der Waals surface area contributed by atoms with Crippen LogP contribution in [-0.4, -0.2) is 22.7 Å². The van der Waals surface area contributed by atoms with Crippen LogP contribution >= 0.6 is 0 Å². The van der Waals surface area contributed by atoms with Crippen molar-refractivity contribution in [2.24, 2.45) is 5.92 Å². The number of hydrogen-bond donors (Lipinski definition) is 3. The molecule has 20 heavy (non-hydrogen) atoms. The molecule has 0 fully saturated rings. The molecule has 2 rings (SSSR count). The molecule has 4 N–H and O–H groups in total. The Morgan fingerprint density at radius 2 is 2.05 bits per heavy atom. The van der Waals surface area contributed by atoms with Gasteiger partial charge in [-0.1, -0.05) is 13.8 Å². The fraction of sp³-hybridized carbons (Fsp3) is 0.438. The maximum absolute atomic E-state index is 9.20. The molecule has 1 unspecified atom stereocenters. The van der Waals surface area contributed by atoms with E-state index >= 15 is 0 Å². The molecular formula is C16H23N3O. The summed E-state index contributed by atoms with van der Waals surface area (Å²) in [7, 11) is 0. The molecule has 2 aromatic rings. The third-order valence-electron chi connectivity index (χ3n) is 3.55. The minimum Gasteiger partial charge on any atom is -0.399 e. The van der Waals surface area contributed by atoms with E-state index in [0.717, 1.165) is 34.4 Å². The second kappa shape index (κ2) is 6.09. The highest BCUT2D eigenvalue weighted by molar-refractivity contribution is 5.93. The number of nitrogens with one attached hydrogen (secondary N) is 1. The van der Waals surface area contributed by atoms with Crippen LogP contribution < -0.4 is 11.1 Å². The lowest BCUT2D eigenvalue weighted by Gasteiger charge is -2.24. The fourth-order valence-corrected chi connectivity index (χ4v) is 2.41. The molecule has 108 valence electrons. The Kier molecular flexibility index (Phi) is 4.45. The molecule has 4 heteroatoms. The first-order valence-electron chi connectivity index (χ1n) is 7.05. The highest BCUT2D eigenvalue weighted by Crippen LogP contribution is 2.27. The van der Waals surface area contributed by atoms with Crippen molar-refractivity contribution in [3.63, 3.8) is 0 Å². The molecule has 1 heterocycles. The molecule has 4 nitrogen and oxygen atoms in total. The molecule has 0 saturated heterocycles. The molecule has 1 atom stereocenters. The van der Waals surface area contributed by atoms with E-state index in [1.807, 2.05) is 31.2 Å². The molecule has 1 aromatic carbocycles. The Morgan fingerprint density at radius 1 is 1.30 bits per heavy atom. The van der Waals surface area contributed by atoms with Gasteiger partial charge in [-0.25, -0.2) is 0 Å². The van der Waals surface area contributed by atoms with Crippen LogP contribution in [0.5, 0.6) is 0 Å². The number of fused-ring (bicyclic) bond motifs is 1. The van der Waals surface area contributed by atoms with Gasteiger partial charge in [0.2, 0.25) is 0 Å². The zero-order chi connectivity index (χ0) is 14.7. The summed E-state index contributed by atoms with van der Waals surface area (Å²) in [5.41, 5.74) is 9.56. The van der Waals surface area contributed by atoms with Gasteiger partial charge < -0.3 is 16.2 Å². The molecule has 0 aliphatic carbocycles. The zero-order valence-electron chi connectivity index (χ0n) is 12.4. The highest BCUT2D eigenvalue weighted by Gasteiger charge is 2.14. The fourth-order valence-electron chi connectivity index (χ4n) is 2.41. The van der Waals surface area contributed by atoms with Crippen molar-refractivity contribution < 1.29 is 5.11 Å². The van der Waals surface area contributed by atoms with Gasteiger partial charge in [0.25, 0.3) is 0 Å². The number of aliphatic hydroxyl groups excluding tert-OH is 1. The first-order chi connectivity index (χ1) is 9.51. The van der Waals surface area contributed by atoms with Crippen LogP contribution in [0.2, 0.25) is 0 Å². The number of hydrogen-bond acceptors (Lipinski definition) is 4. The van der Waals surface area contributed by atoms with Crippen molar-refractivity contribution in [2.75, 3.05) is 17.7 Å². The second-order valence-corrected chi connectivity index (χ2v) is 5.59. The summed E-state index contributed by atoms with van der Waals surface area (Å²) in [5, 5.41) is 13.8. The van der Waals surface area contributed by atoms with E-state index in [9.17, 15) is 5.11 Å². The molecule has 0 saturated carbocycles. The maximum Gasteiger partial charge on any atom is 0.0727 e. The minimum absolute atomic E-state index is 0.181. The second-order valence-electron chi connectivity index (χ2n) is 5.59. The Balaban J connectivity index is 2.44. The summed E-state index contributed by atoms with van der Waals surface area (Å²) in [4.78, 5) is 4.53. The molecule has 0 bridgehead atoms. The summed E-state index contributed by atoms with van der Waals surface area (Å²) in [6.45, 7) is 6.47. The lowest BCUT2D eigenvalue weighted by Crippen LogP contribution is -2.27. The summed E-state index contributed by atoms with van der Waals surface area (Å²) >= 11 is 0. The number of aromatic nitrogens is 1. The van der Waals surface area contributed by atoms with Gasteiger partial charge in [0.1, 0.15) is 0 Å². The van der Waals surface area contributed by atoms with Crippen LogP contribution in [0.3, 0.4) is 0 Å². The normalized spacial score (nSPS) is 12.8. The molecule has 0 aliphatic rings. The van der Waals surface area contributed by atoms with Gasteiger partial charge in [0.15, 0.2) is 0 Å². The van der Waals surface area contributed by atoms with E-state index in [4.69, 9.17) is 5.73 Å². The van der Waals surface area contributed by atoms with E-state index in [0.29, 0.717) is 5.92 Å². The van der Waals surface area contributed by atoms with E-state index in [-0.39, 0.29) is 12.6 Å². The minimum atomic E-state index is 0.181. The summed E-state index contributed by atoms with van der Waals surface area (Å²) < 4.78 is 0. The quantitative estimate of drug-likeness (QED) is 0.732. The topological polar surface area (TPSA) is 71.2 Å². The van der Waals surface area contributed by atoms with Gasteiger partial charge in [-0.15, -0.1) is 0 Å². The number of benzene rings is 1. The van der Waals surface area contributed by atoms with Crippen LogP contribution in [0, 0.1) is 12.8 Å². The Bertz CT molecular complexity index is 596. The number of pyridine rings is 1. The number of rotatable bonds is 5. The Morgan fingerprint density at radius 3 is 2.70 bits per heavy atom. The Labute approximate surface area is 120 Å². The highest BCUT2D eigenvalue weighted by atomic mass is 16.3. The molecule has 0 radical (unpaired) electrons. The van der Waals surface area contributed by atoms with Gasteiger partial charge >= 0.3 is 0 Å². The number of nitrogens with zero attached hydrogens (tertiary/aromatic N) is 1. The van der Waals surface area contributed by atoms with E-state index in [1.54, 1.807) is 0 Å². The molecule has 0 aliphatic heterocycles. The predicted octanol–water partition coefficient (Wildman–Crippen LogP) is 2.94. The van der Waals surface area contributed by atoms with E-state index in [1.165, 1.54) is 0 Å². The molecule has 1 aromatic heterocycles. The van der Waals surface area contributed by atoms with Crippen molar-refractivity contribution in [3.05, 3.63) is 30.0 Å². The van der Waals surface area contributed by atoms with E-state index < -0.39 is 0 Å². The first kappa shape index (κ1) is 14.6. The largest absolute Gasteiger partial charge is 0.399 e. The predicted molar refractivity (Wildman–Crippen MR) is 84.8 cm³/mol. The summed E-state index contributed by atoms with van der Waals surface area (Å²) in [5.74, 6) is 0.437. The molecular weight excluding hydrogens is 250 g/mol. The van der Waals surface area contributed by atoms with E-state index in [2.05, 4.69) is 24.1 Å². The third-order valence-corrected chi connectivity index (χ3v) is 3.55. The number of aliphatic hydroxyl groups is 1. The monoisotopic (exact) mass is 273 g/mol. The third kappa shape index (κ3) is 3.20. The van der Waals surface area contributed by atoms with Gasteiger partial charge in [-0.2, -0.15) is 0 Å². The number of nitrogen functional groups attached to an aromatic ring is 1. The maximum atomic E-state index is 9.20. The summed E-state index contributed by atoms with van der Waals surface area (Å²) in [6.07, 6.45) is 0.725. The van der Waals surface area contributed by atoms with Crippen molar-refractivity contribution in [3.8, 4) is 0 Å². The number of aryl methyl sites for hydroxylation is 1. The van der Waals surface area contributed by atoms with Gasteiger partial charge in [0.05, 0.1) is 5.52 Å². The van der Waals surface area contributed by atoms with Crippen LogP contribution in [0.25, 0.3) is 10.9 Å². The van der Waals surface area contributed by atoms with Crippen molar-refractivity contribution in [1.82, 2.24) is 4.98 Å².